The summed E-state index contributed by atoms with van der Waals surface area (Å²) in [6.45, 7) is 0.684. The van der Waals surface area contributed by atoms with Gasteiger partial charge in [0.2, 0.25) is 10.0 Å². The molecule has 110 valence electrons. The number of aromatic carboxylic acids is 1. The minimum absolute atomic E-state index is 0.0112. The molecule has 0 unspecified atom stereocenters. The first kappa shape index (κ1) is 15.2. The van der Waals surface area contributed by atoms with Gasteiger partial charge in [-0.05, 0) is 31.0 Å². The van der Waals surface area contributed by atoms with Crippen LogP contribution in [0.3, 0.4) is 0 Å². The lowest BCUT2D eigenvalue weighted by Crippen LogP contribution is -2.42. The number of rotatable bonds is 3. The Hall–Kier alpha value is -1.15. The van der Waals surface area contributed by atoms with E-state index in [1.165, 1.54) is 16.4 Å². The fourth-order valence-corrected chi connectivity index (χ4v) is 3.79. The number of carboxylic acid groups (broad SMARTS) is 1. The van der Waals surface area contributed by atoms with Gasteiger partial charge in [-0.15, -0.1) is 0 Å². The Morgan fingerprint density at radius 1 is 1.35 bits per heavy atom. The van der Waals surface area contributed by atoms with Gasteiger partial charge in [0.05, 0.1) is 15.5 Å². The maximum Gasteiger partial charge on any atom is 0.337 e. The second kappa shape index (κ2) is 5.69. The highest BCUT2D eigenvalue weighted by Gasteiger charge is 2.29. The van der Waals surface area contributed by atoms with Crippen LogP contribution < -0.4 is 5.73 Å². The summed E-state index contributed by atoms with van der Waals surface area (Å²) in [5, 5.41) is 9.00. The summed E-state index contributed by atoms with van der Waals surface area (Å²) in [5.74, 6) is -1.26. The van der Waals surface area contributed by atoms with Gasteiger partial charge in [-0.2, -0.15) is 4.31 Å². The van der Waals surface area contributed by atoms with E-state index in [4.69, 9.17) is 22.4 Å². The van der Waals surface area contributed by atoms with Gasteiger partial charge in [-0.3, -0.25) is 0 Å². The number of hydrogen-bond donors (Lipinski definition) is 2. The summed E-state index contributed by atoms with van der Waals surface area (Å²) in [6, 6.07) is 3.71. The van der Waals surface area contributed by atoms with Crippen molar-refractivity contribution in [3.8, 4) is 0 Å². The van der Waals surface area contributed by atoms with Gasteiger partial charge in [0.1, 0.15) is 0 Å². The highest BCUT2D eigenvalue weighted by molar-refractivity contribution is 7.89. The molecule has 1 aromatic rings. The van der Waals surface area contributed by atoms with E-state index >= 15 is 0 Å². The number of carbonyl (C=O) groups is 1. The maximum absolute atomic E-state index is 12.4. The summed E-state index contributed by atoms with van der Waals surface area (Å²) < 4.78 is 26.2. The molecule has 1 fully saturated rings. The van der Waals surface area contributed by atoms with E-state index in [-0.39, 0.29) is 21.5 Å². The predicted molar refractivity (Wildman–Crippen MR) is 74.4 cm³/mol. The van der Waals surface area contributed by atoms with Crippen molar-refractivity contribution < 1.29 is 18.3 Å². The van der Waals surface area contributed by atoms with Gasteiger partial charge >= 0.3 is 5.97 Å². The summed E-state index contributed by atoms with van der Waals surface area (Å²) in [4.78, 5) is 11.0. The lowest BCUT2D eigenvalue weighted by molar-refractivity contribution is 0.0697. The minimum atomic E-state index is -3.70. The zero-order chi connectivity index (χ0) is 14.9. The van der Waals surface area contributed by atoms with Gasteiger partial charge in [-0.1, -0.05) is 11.6 Å². The third-order valence-electron chi connectivity index (χ3n) is 3.30. The molecule has 0 bridgehead atoms. The normalized spacial score (nSPS) is 18.1. The van der Waals surface area contributed by atoms with Crippen molar-refractivity contribution in [1.29, 1.82) is 0 Å². The Balaban J connectivity index is 2.35. The van der Waals surface area contributed by atoms with Crippen molar-refractivity contribution in [3.05, 3.63) is 28.8 Å². The van der Waals surface area contributed by atoms with E-state index in [0.717, 1.165) is 6.07 Å². The fourth-order valence-electron chi connectivity index (χ4n) is 2.09. The Kier molecular flexibility index (Phi) is 4.33. The molecule has 0 amide bonds. The van der Waals surface area contributed by atoms with Crippen LogP contribution >= 0.6 is 11.6 Å². The van der Waals surface area contributed by atoms with Crippen molar-refractivity contribution in [3.63, 3.8) is 0 Å². The Morgan fingerprint density at radius 2 is 1.95 bits per heavy atom. The first-order valence-electron chi connectivity index (χ1n) is 6.11. The Labute approximate surface area is 122 Å². The van der Waals surface area contributed by atoms with Crippen LogP contribution in [0, 0.1) is 0 Å². The Bertz CT molecular complexity index is 624. The summed E-state index contributed by atoms with van der Waals surface area (Å²) in [5.41, 5.74) is 5.53. The van der Waals surface area contributed by atoms with Crippen LogP contribution in [0.4, 0.5) is 0 Å². The van der Waals surface area contributed by atoms with E-state index < -0.39 is 16.0 Å². The number of sulfonamides is 1. The molecule has 20 heavy (non-hydrogen) atoms. The van der Waals surface area contributed by atoms with Crippen molar-refractivity contribution in [2.45, 2.75) is 23.8 Å². The fraction of sp³-hybridized carbons (Fsp3) is 0.417. The molecule has 2 rings (SSSR count). The van der Waals surface area contributed by atoms with E-state index in [2.05, 4.69) is 0 Å². The van der Waals surface area contributed by atoms with Crippen molar-refractivity contribution in [1.82, 2.24) is 4.31 Å². The van der Waals surface area contributed by atoms with E-state index in [1.54, 1.807) is 0 Å². The van der Waals surface area contributed by atoms with E-state index in [9.17, 15) is 13.2 Å². The smallest absolute Gasteiger partial charge is 0.337 e. The zero-order valence-electron chi connectivity index (χ0n) is 10.6. The van der Waals surface area contributed by atoms with Crippen LogP contribution in [-0.4, -0.2) is 42.9 Å². The largest absolute Gasteiger partial charge is 0.478 e. The Morgan fingerprint density at radius 3 is 2.50 bits per heavy atom. The number of piperidine rings is 1. The first-order valence-corrected chi connectivity index (χ1v) is 7.93. The zero-order valence-corrected chi connectivity index (χ0v) is 12.2. The number of nitrogens with zero attached hydrogens (tertiary/aromatic N) is 1. The number of benzene rings is 1. The summed E-state index contributed by atoms with van der Waals surface area (Å²) in [6.07, 6.45) is 1.19. The monoisotopic (exact) mass is 318 g/mol. The number of carboxylic acids is 1. The van der Waals surface area contributed by atoms with Crippen LogP contribution in [0.15, 0.2) is 23.1 Å². The van der Waals surface area contributed by atoms with Crippen molar-refractivity contribution in [2.24, 2.45) is 5.73 Å². The third kappa shape index (κ3) is 2.95. The standard InChI is InChI=1S/C12H15ClN2O4S/c13-11-2-1-9(7-10(11)12(16)17)20(18,19)15-5-3-8(14)4-6-15/h1-2,7-8H,3-6,14H2,(H,16,17). The van der Waals surface area contributed by atoms with Crippen LogP contribution in [0.25, 0.3) is 0 Å². The van der Waals surface area contributed by atoms with Gasteiger partial charge in [0.25, 0.3) is 0 Å². The van der Waals surface area contributed by atoms with Crippen molar-refractivity contribution in [2.75, 3.05) is 13.1 Å². The van der Waals surface area contributed by atoms with E-state index in [0.29, 0.717) is 25.9 Å². The second-order valence-corrected chi connectivity index (χ2v) is 7.03. The molecule has 3 N–H and O–H groups in total. The predicted octanol–water partition coefficient (Wildman–Crippen LogP) is 1.15. The molecule has 6 nitrogen and oxygen atoms in total. The maximum atomic E-state index is 12.4. The molecule has 0 aromatic heterocycles. The minimum Gasteiger partial charge on any atom is -0.478 e. The first-order chi connectivity index (χ1) is 9.32. The lowest BCUT2D eigenvalue weighted by Gasteiger charge is -2.29. The lowest BCUT2D eigenvalue weighted by atomic mass is 10.1. The molecule has 1 aliphatic rings. The molecule has 0 saturated carbocycles. The molecule has 0 atom stereocenters. The molecule has 0 radical (unpaired) electrons. The van der Waals surface area contributed by atoms with Crippen LogP contribution in [0.2, 0.25) is 5.02 Å². The molecule has 1 saturated heterocycles. The molecule has 1 aliphatic heterocycles. The number of nitrogens with two attached hydrogens (primary N) is 1. The van der Waals surface area contributed by atoms with Crippen molar-refractivity contribution >= 4 is 27.6 Å². The highest BCUT2D eigenvalue weighted by atomic mass is 35.5. The average Bonchev–Trinajstić information content (AvgIpc) is 2.39. The van der Waals surface area contributed by atoms with Gasteiger partial charge < -0.3 is 10.8 Å². The van der Waals surface area contributed by atoms with Gasteiger partial charge in [0.15, 0.2) is 0 Å². The van der Waals surface area contributed by atoms with Gasteiger partial charge in [0, 0.05) is 19.1 Å². The summed E-state index contributed by atoms with van der Waals surface area (Å²) >= 11 is 5.74. The summed E-state index contributed by atoms with van der Waals surface area (Å²) in [7, 11) is -3.70. The average molecular weight is 319 g/mol. The number of hydrogen-bond acceptors (Lipinski definition) is 4. The molecule has 8 heteroatoms. The molecule has 1 heterocycles. The van der Waals surface area contributed by atoms with Crippen LogP contribution in [0.1, 0.15) is 23.2 Å². The van der Waals surface area contributed by atoms with Gasteiger partial charge in [-0.25, -0.2) is 13.2 Å². The van der Waals surface area contributed by atoms with Crippen LogP contribution in [-0.2, 0) is 10.0 Å². The second-order valence-electron chi connectivity index (χ2n) is 4.69. The quantitative estimate of drug-likeness (QED) is 0.870. The number of halogens is 1. The SMILES string of the molecule is NC1CCN(S(=O)(=O)c2ccc(Cl)c(C(=O)O)c2)CC1. The molecule has 0 aliphatic carbocycles. The topological polar surface area (TPSA) is 101 Å². The third-order valence-corrected chi connectivity index (χ3v) is 5.53. The molecule has 1 aromatic carbocycles. The van der Waals surface area contributed by atoms with E-state index in [1.807, 2.05) is 0 Å². The molecular formula is C12H15ClN2O4S. The molecule has 0 spiro atoms. The van der Waals surface area contributed by atoms with Crippen LogP contribution in [0.5, 0.6) is 0 Å². The highest BCUT2D eigenvalue weighted by Crippen LogP contribution is 2.24. The molecular weight excluding hydrogens is 304 g/mol.